The number of fused-ring (bicyclic) bond motifs is 1. The molecule has 8 nitrogen and oxygen atoms in total. The van der Waals surface area contributed by atoms with E-state index in [4.69, 9.17) is 23.9 Å². The molecule has 2 aromatic rings. The van der Waals surface area contributed by atoms with Gasteiger partial charge in [0.25, 0.3) is 11.8 Å². The van der Waals surface area contributed by atoms with Crippen molar-refractivity contribution in [3.05, 3.63) is 59.6 Å². The van der Waals surface area contributed by atoms with Crippen LogP contribution in [0.5, 0.6) is 11.6 Å². The number of pyridine rings is 2. The van der Waals surface area contributed by atoms with Crippen LogP contribution in [0.3, 0.4) is 0 Å². The van der Waals surface area contributed by atoms with Crippen LogP contribution in [0.4, 0.5) is 0 Å². The molecule has 2 aromatic heterocycles. The van der Waals surface area contributed by atoms with Gasteiger partial charge in [0, 0.05) is 24.6 Å². The number of hydrogen-bond acceptors (Lipinski definition) is 7. The highest BCUT2D eigenvalue weighted by atomic mass is 16.5. The van der Waals surface area contributed by atoms with Gasteiger partial charge in [-0.2, -0.15) is 0 Å². The molecule has 3 heterocycles. The fourth-order valence-electron chi connectivity index (χ4n) is 3.53. The van der Waals surface area contributed by atoms with Gasteiger partial charge in [0.2, 0.25) is 0 Å². The molecule has 0 fully saturated rings. The van der Waals surface area contributed by atoms with Gasteiger partial charge in [0.15, 0.2) is 5.75 Å². The first-order valence-corrected chi connectivity index (χ1v) is 10.4. The maximum atomic E-state index is 12.9. The molecule has 0 spiro atoms. The van der Waals surface area contributed by atoms with Crippen LogP contribution in [0.25, 0.3) is 11.3 Å². The first-order chi connectivity index (χ1) is 15.5. The topological polar surface area (TPSA) is 83.0 Å². The summed E-state index contributed by atoms with van der Waals surface area (Å²) in [5.41, 5.74) is 4.49. The van der Waals surface area contributed by atoms with E-state index in [0.29, 0.717) is 55.9 Å². The predicted octanol–water partition coefficient (Wildman–Crippen LogP) is 3.55. The van der Waals surface area contributed by atoms with Gasteiger partial charge in [-0.1, -0.05) is 12.7 Å². The SMILES string of the molecule is C=C/C(=C\C)N1Cc2nc(-c3cnc(OC)c(OCCOCCOC)c3)cc(C)c2C1=O. The Morgan fingerprint density at radius 1 is 1.22 bits per heavy atom. The minimum atomic E-state index is -0.0603. The van der Waals surface area contributed by atoms with Crippen molar-refractivity contribution in [3.63, 3.8) is 0 Å². The number of aromatic nitrogens is 2. The van der Waals surface area contributed by atoms with E-state index in [-0.39, 0.29) is 5.91 Å². The highest BCUT2D eigenvalue weighted by Gasteiger charge is 2.32. The van der Waals surface area contributed by atoms with E-state index in [2.05, 4.69) is 11.6 Å². The quantitative estimate of drug-likeness (QED) is 0.391. The number of rotatable bonds is 11. The first kappa shape index (κ1) is 23.4. The van der Waals surface area contributed by atoms with Crippen molar-refractivity contribution in [1.82, 2.24) is 14.9 Å². The molecule has 1 aliphatic rings. The Morgan fingerprint density at radius 3 is 2.69 bits per heavy atom. The normalized spacial score (nSPS) is 13.3. The van der Waals surface area contributed by atoms with Crippen LogP contribution in [-0.4, -0.2) is 61.4 Å². The lowest BCUT2D eigenvalue weighted by molar-refractivity contribution is 0.0539. The summed E-state index contributed by atoms with van der Waals surface area (Å²) in [5, 5.41) is 0. The fourth-order valence-corrected chi connectivity index (χ4v) is 3.53. The predicted molar refractivity (Wildman–Crippen MR) is 121 cm³/mol. The summed E-state index contributed by atoms with van der Waals surface area (Å²) in [5.74, 6) is 0.823. The van der Waals surface area contributed by atoms with Crippen LogP contribution < -0.4 is 9.47 Å². The maximum absolute atomic E-state index is 12.9. The third-order valence-electron chi connectivity index (χ3n) is 5.10. The highest BCUT2D eigenvalue weighted by molar-refractivity contribution is 6.00. The van der Waals surface area contributed by atoms with Crippen LogP contribution in [0.2, 0.25) is 0 Å². The van der Waals surface area contributed by atoms with Gasteiger partial charge < -0.3 is 23.8 Å². The van der Waals surface area contributed by atoms with E-state index < -0.39 is 0 Å². The van der Waals surface area contributed by atoms with Crippen molar-refractivity contribution < 1.29 is 23.7 Å². The Balaban J connectivity index is 1.83. The maximum Gasteiger partial charge on any atom is 0.260 e. The van der Waals surface area contributed by atoms with Crippen molar-refractivity contribution in [1.29, 1.82) is 0 Å². The summed E-state index contributed by atoms with van der Waals surface area (Å²) in [7, 11) is 3.17. The molecule has 0 saturated heterocycles. The minimum Gasteiger partial charge on any atom is -0.486 e. The Labute approximate surface area is 188 Å². The van der Waals surface area contributed by atoms with Crippen LogP contribution >= 0.6 is 0 Å². The molecule has 0 N–H and O–H groups in total. The lowest BCUT2D eigenvalue weighted by atomic mass is 10.0. The van der Waals surface area contributed by atoms with Gasteiger partial charge in [0.05, 0.1) is 50.4 Å². The second kappa shape index (κ2) is 10.9. The molecule has 170 valence electrons. The highest BCUT2D eigenvalue weighted by Crippen LogP contribution is 2.33. The van der Waals surface area contributed by atoms with Crippen molar-refractivity contribution in [3.8, 4) is 22.9 Å². The van der Waals surface area contributed by atoms with Crippen LogP contribution in [0.15, 0.2) is 42.8 Å². The van der Waals surface area contributed by atoms with Gasteiger partial charge >= 0.3 is 0 Å². The first-order valence-electron chi connectivity index (χ1n) is 10.4. The summed E-state index contributed by atoms with van der Waals surface area (Å²) < 4.78 is 21.5. The fraction of sp³-hybridized carbons (Fsp3) is 0.375. The molecule has 0 atom stereocenters. The molecule has 32 heavy (non-hydrogen) atoms. The van der Waals surface area contributed by atoms with E-state index >= 15 is 0 Å². The van der Waals surface area contributed by atoms with Crippen molar-refractivity contribution in [2.24, 2.45) is 0 Å². The van der Waals surface area contributed by atoms with Gasteiger partial charge in [-0.25, -0.2) is 4.98 Å². The number of aryl methyl sites for hydroxylation is 1. The zero-order valence-electron chi connectivity index (χ0n) is 19.0. The van der Waals surface area contributed by atoms with E-state index in [1.807, 2.05) is 32.1 Å². The van der Waals surface area contributed by atoms with Crippen LogP contribution in [0, 0.1) is 6.92 Å². The van der Waals surface area contributed by atoms with Gasteiger partial charge in [-0.3, -0.25) is 9.78 Å². The van der Waals surface area contributed by atoms with Crippen molar-refractivity contribution >= 4 is 5.91 Å². The molecule has 0 radical (unpaired) electrons. The number of allylic oxidation sites excluding steroid dienone is 2. The molecule has 1 amide bonds. The average Bonchev–Trinajstić information content (AvgIpc) is 3.13. The van der Waals surface area contributed by atoms with E-state index in [9.17, 15) is 4.79 Å². The summed E-state index contributed by atoms with van der Waals surface area (Å²) in [6, 6.07) is 3.73. The van der Waals surface area contributed by atoms with Crippen molar-refractivity contribution in [2.75, 3.05) is 40.6 Å². The smallest absolute Gasteiger partial charge is 0.260 e. The van der Waals surface area contributed by atoms with E-state index in [0.717, 1.165) is 22.5 Å². The summed E-state index contributed by atoms with van der Waals surface area (Å²) >= 11 is 0. The zero-order valence-corrected chi connectivity index (χ0v) is 19.0. The third kappa shape index (κ3) is 4.98. The second-order valence-corrected chi connectivity index (χ2v) is 7.14. The van der Waals surface area contributed by atoms with Gasteiger partial charge in [-0.05, 0) is 37.6 Å². The van der Waals surface area contributed by atoms with Crippen LogP contribution in [0.1, 0.15) is 28.5 Å². The molecular formula is C24H29N3O5. The summed E-state index contributed by atoms with van der Waals surface area (Å²) in [6.07, 6.45) is 5.23. The molecule has 1 aliphatic heterocycles. The number of nitrogens with zero attached hydrogens (tertiary/aromatic N) is 3. The number of amides is 1. The van der Waals surface area contributed by atoms with Crippen LogP contribution in [-0.2, 0) is 16.0 Å². The third-order valence-corrected chi connectivity index (χ3v) is 5.10. The molecule has 3 rings (SSSR count). The number of carbonyl (C=O) groups excluding carboxylic acids is 1. The zero-order chi connectivity index (χ0) is 23.1. The minimum absolute atomic E-state index is 0.0603. The number of ether oxygens (including phenoxy) is 4. The van der Waals surface area contributed by atoms with Crippen molar-refractivity contribution in [2.45, 2.75) is 20.4 Å². The standard InChI is InChI=1S/C24H29N3O5/c1-6-18(7-2)27-15-20-22(24(27)28)16(3)12-19(26-20)17-13-21(23(30-5)25-14-17)32-11-10-31-9-8-29-4/h6-7,12-14H,1,8-11,15H2,2-5H3/b18-7+. The monoisotopic (exact) mass is 439 g/mol. The Hall–Kier alpha value is -3.23. The summed E-state index contributed by atoms with van der Waals surface area (Å²) in [6.45, 7) is 9.80. The Morgan fingerprint density at radius 2 is 2.00 bits per heavy atom. The lowest BCUT2D eigenvalue weighted by Crippen LogP contribution is -2.22. The molecule has 0 aromatic carbocycles. The largest absolute Gasteiger partial charge is 0.486 e. The van der Waals surface area contributed by atoms with Gasteiger partial charge in [-0.15, -0.1) is 0 Å². The second-order valence-electron chi connectivity index (χ2n) is 7.14. The lowest BCUT2D eigenvalue weighted by Gasteiger charge is -2.15. The van der Waals surface area contributed by atoms with Gasteiger partial charge in [0.1, 0.15) is 6.61 Å². The molecule has 0 unspecified atom stereocenters. The Bertz CT molecular complexity index is 1020. The number of methoxy groups -OCH3 is 2. The molecular weight excluding hydrogens is 410 g/mol. The molecule has 0 aliphatic carbocycles. The summed E-state index contributed by atoms with van der Waals surface area (Å²) in [4.78, 5) is 23.7. The average molecular weight is 440 g/mol. The molecule has 0 saturated carbocycles. The van der Waals surface area contributed by atoms with E-state index in [1.165, 1.54) is 0 Å². The molecule has 8 heteroatoms. The van der Waals surface area contributed by atoms with E-state index in [1.54, 1.807) is 31.4 Å². The number of carbonyl (C=O) groups is 1. The Kier molecular flexibility index (Phi) is 7.97. The molecule has 0 bridgehead atoms. The number of hydrogen-bond donors (Lipinski definition) is 0.